The molecule has 0 bridgehead atoms. The van der Waals surface area contributed by atoms with Gasteiger partial charge in [0.05, 0.1) is 18.9 Å². The molecule has 3 aromatic rings. The molecule has 2 atom stereocenters. The number of aromatic amines is 1. The van der Waals surface area contributed by atoms with E-state index in [0.717, 1.165) is 22.8 Å². The van der Waals surface area contributed by atoms with Crippen LogP contribution in [0.4, 0.5) is 0 Å². The first kappa shape index (κ1) is 22.9. The number of benzene rings is 2. The Hall–Kier alpha value is -3.74. The van der Waals surface area contributed by atoms with Crippen LogP contribution in [0, 0.1) is 5.92 Å². The van der Waals surface area contributed by atoms with Gasteiger partial charge in [-0.15, -0.1) is 0 Å². The molecule has 3 rings (SSSR count). The largest absolute Gasteiger partial charge is 0.466 e. The van der Waals surface area contributed by atoms with Gasteiger partial charge in [0.25, 0.3) is 11.5 Å². The number of nitrogens with one attached hydrogen (secondary N) is 2. The lowest BCUT2D eigenvalue weighted by Crippen LogP contribution is -2.39. The molecular weight excluding hydrogens is 406 g/mol. The predicted molar refractivity (Wildman–Crippen MR) is 122 cm³/mol. The van der Waals surface area contributed by atoms with Crippen molar-refractivity contribution < 1.29 is 14.3 Å². The van der Waals surface area contributed by atoms with Crippen LogP contribution in [0.5, 0.6) is 0 Å². The highest BCUT2D eigenvalue weighted by Gasteiger charge is 2.23. The van der Waals surface area contributed by atoms with E-state index in [0.29, 0.717) is 19.4 Å². The summed E-state index contributed by atoms with van der Waals surface area (Å²) >= 11 is 0. The molecule has 1 heterocycles. The SMILES string of the molecule is CCOC(=O)C(C)CC(Cc1ccc(-c2ccccc2)cc1)NC(=O)c1cc(=O)[nH]cn1. The number of amides is 1. The van der Waals surface area contributed by atoms with Gasteiger partial charge in [0.2, 0.25) is 0 Å². The lowest BCUT2D eigenvalue weighted by Gasteiger charge is -2.22. The second-order valence-corrected chi connectivity index (χ2v) is 7.62. The highest BCUT2D eigenvalue weighted by Crippen LogP contribution is 2.21. The lowest BCUT2D eigenvalue weighted by molar-refractivity contribution is -0.147. The molecular formula is C25H27N3O4. The molecule has 166 valence electrons. The summed E-state index contributed by atoms with van der Waals surface area (Å²) < 4.78 is 5.12. The number of ether oxygens (including phenoxy) is 1. The summed E-state index contributed by atoms with van der Waals surface area (Å²) in [5, 5.41) is 2.92. The third kappa shape index (κ3) is 6.38. The number of esters is 1. The summed E-state index contributed by atoms with van der Waals surface area (Å²) in [6.07, 6.45) is 2.11. The van der Waals surface area contributed by atoms with E-state index in [1.807, 2.05) is 54.6 Å². The van der Waals surface area contributed by atoms with Gasteiger partial charge in [-0.3, -0.25) is 14.4 Å². The molecule has 7 heteroatoms. The average Bonchev–Trinajstić information content (AvgIpc) is 2.80. The maximum atomic E-state index is 12.7. The van der Waals surface area contributed by atoms with Crippen molar-refractivity contribution >= 4 is 11.9 Å². The second-order valence-electron chi connectivity index (χ2n) is 7.62. The number of carbonyl (C=O) groups excluding carboxylic acids is 2. The summed E-state index contributed by atoms with van der Waals surface area (Å²) in [4.78, 5) is 42.7. The van der Waals surface area contributed by atoms with E-state index in [-0.39, 0.29) is 17.7 Å². The summed E-state index contributed by atoms with van der Waals surface area (Å²) in [6, 6.07) is 19.0. The molecule has 0 radical (unpaired) electrons. The third-order valence-corrected chi connectivity index (χ3v) is 5.12. The first-order valence-corrected chi connectivity index (χ1v) is 10.6. The van der Waals surface area contributed by atoms with Crippen molar-refractivity contribution in [2.24, 2.45) is 5.92 Å². The van der Waals surface area contributed by atoms with Crippen molar-refractivity contribution in [2.45, 2.75) is 32.7 Å². The maximum absolute atomic E-state index is 12.7. The fourth-order valence-corrected chi connectivity index (χ4v) is 3.50. The molecule has 0 fully saturated rings. The van der Waals surface area contributed by atoms with Crippen LogP contribution in [-0.2, 0) is 16.0 Å². The highest BCUT2D eigenvalue weighted by molar-refractivity contribution is 5.92. The van der Waals surface area contributed by atoms with Gasteiger partial charge in [0.15, 0.2) is 0 Å². The Labute approximate surface area is 186 Å². The van der Waals surface area contributed by atoms with E-state index in [1.54, 1.807) is 13.8 Å². The average molecular weight is 434 g/mol. The number of hydrogen-bond acceptors (Lipinski definition) is 5. The molecule has 2 unspecified atom stereocenters. The molecule has 0 spiro atoms. The lowest BCUT2D eigenvalue weighted by atomic mass is 9.94. The zero-order valence-electron chi connectivity index (χ0n) is 18.2. The number of aromatic nitrogens is 2. The fourth-order valence-electron chi connectivity index (χ4n) is 3.50. The molecule has 0 aliphatic carbocycles. The van der Waals surface area contributed by atoms with Gasteiger partial charge >= 0.3 is 5.97 Å². The Kier molecular flexibility index (Phi) is 7.91. The van der Waals surface area contributed by atoms with Crippen molar-refractivity contribution in [3.8, 4) is 11.1 Å². The van der Waals surface area contributed by atoms with E-state index in [9.17, 15) is 14.4 Å². The van der Waals surface area contributed by atoms with Crippen LogP contribution in [0.1, 0.15) is 36.3 Å². The standard InChI is InChI=1S/C25H27N3O4/c1-3-32-25(31)17(2)13-21(28-24(30)22-15-23(29)27-16-26-22)14-18-9-11-20(12-10-18)19-7-5-4-6-8-19/h4-12,15-17,21H,3,13-14H2,1-2H3,(H,28,30)(H,26,27,29). The molecule has 2 aromatic carbocycles. The van der Waals surface area contributed by atoms with Gasteiger partial charge in [-0.2, -0.15) is 0 Å². The first-order valence-electron chi connectivity index (χ1n) is 10.6. The molecule has 1 aromatic heterocycles. The van der Waals surface area contributed by atoms with Crippen molar-refractivity contribution in [1.29, 1.82) is 0 Å². The minimum atomic E-state index is -0.460. The van der Waals surface area contributed by atoms with Crippen LogP contribution >= 0.6 is 0 Å². The van der Waals surface area contributed by atoms with Crippen LogP contribution in [0.25, 0.3) is 11.1 Å². The number of hydrogen-bond donors (Lipinski definition) is 2. The van der Waals surface area contributed by atoms with Crippen LogP contribution in [0.15, 0.2) is 71.8 Å². The molecule has 0 aliphatic heterocycles. The molecule has 32 heavy (non-hydrogen) atoms. The Morgan fingerprint density at radius 3 is 2.41 bits per heavy atom. The summed E-state index contributed by atoms with van der Waals surface area (Å²) in [5.41, 5.74) is 2.87. The van der Waals surface area contributed by atoms with Gasteiger partial charge in [-0.25, -0.2) is 4.98 Å². The molecule has 0 saturated carbocycles. The molecule has 1 amide bonds. The monoisotopic (exact) mass is 433 g/mol. The van der Waals surface area contributed by atoms with Gasteiger partial charge in [0, 0.05) is 12.1 Å². The Balaban J connectivity index is 1.76. The summed E-state index contributed by atoms with van der Waals surface area (Å²) in [5.74, 6) is -1.16. The highest BCUT2D eigenvalue weighted by atomic mass is 16.5. The van der Waals surface area contributed by atoms with Gasteiger partial charge in [0.1, 0.15) is 5.69 Å². The number of nitrogens with zero attached hydrogens (tertiary/aromatic N) is 1. The predicted octanol–water partition coefficient (Wildman–Crippen LogP) is 3.37. The second kappa shape index (κ2) is 11.0. The van der Waals surface area contributed by atoms with Crippen molar-refractivity contribution in [3.63, 3.8) is 0 Å². The van der Waals surface area contributed by atoms with Gasteiger partial charge in [-0.1, -0.05) is 61.5 Å². The van der Waals surface area contributed by atoms with E-state index < -0.39 is 17.4 Å². The van der Waals surface area contributed by atoms with E-state index in [4.69, 9.17) is 4.74 Å². The molecule has 7 nitrogen and oxygen atoms in total. The Bertz CT molecular complexity index is 1090. The van der Waals surface area contributed by atoms with Crippen LogP contribution in [0.3, 0.4) is 0 Å². The number of carbonyl (C=O) groups is 2. The molecule has 0 saturated heterocycles. The van der Waals surface area contributed by atoms with E-state index >= 15 is 0 Å². The van der Waals surface area contributed by atoms with Gasteiger partial charge < -0.3 is 15.0 Å². The maximum Gasteiger partial charge on any atom is 0.308 e. The minimum absolute atomic E-state index is 0.0296. The number of H-pyrrole nitrogens is 1. The Morgan fingerprint density at radius 2 is 1.75 bits per heavy atom. The Morgan fingerprint density at radius 1 is 1.06 bits per heavy atom. The summed E-state index contributed by atoms with van der Waals surface area (Å²) in [7, 11) is 0. The van der Waals surface area contributed by atoms with Crippen molar-refractivity contribution in [2.75, 3.05) is 6.61 Å². The van der Waals surface area contributed by atoms with Crippen molar-refractivity contribution in [3.05, 3.63) is 88.6 Å². The van der Waals surface area contributed by atoms with E-state index in [1.165, 1.54) is 6.33 Å². The molecule has 2 N–H and O–H groups in total. The van der Waals surface area contributed by atoms with Crippen molar-refractivity contribution in [1.82, 2.24) is 15.3 Å². The first-order chi connectivity index (χ1) is 15.5. The number of rotatable bonds is 9. The zero-order chi connectivity index (χ0) is 22.9. The smallest absolute Gasteiger partial charge is 0.308 e. The molecule has 0 aliphatic rings. The quantitative estimate of drug-likeness (QED) is 0.504. The van der Waals surface area contributed by atoms with Crippen LogP contribution < -0.4 is 10.9 Å². The van der Waals surface area contributed by atoms with E-state index in [2.05, 4.69) is 15.3 Å². The van der Waals surface area contributed by atoms with Crippen LogP contribution in [0.2, 0.25) is 0 Å². The summed E-state index contributed by atoms with van der Waals surface area (Å²) in [6.45, 7) is 3.84. The normalized spacial score (nSPS) is 12.6. The van der Waals surface area contributed by atoms with Gasteiger partial charge in [-0.05, 0) is 36.5 Å². The minimum Gasteiger partial charge on any atom is -0.466 e. The zero-order valence-corrected chi connectivity index (χ0v) is 18.2. The van der Waals surface area contributed by atoms with Crippen LogP contribution in [-0.4, -0.2) is 34.5 Å². The fraction of sp³-hybridized carbons (Fsp3) is 0.280. The third-order valence-electron chi connectivity index (χ3n) is 5.12. The topological polar surface area (TPSA) is 101 Å².